The van der Waals surface area contributed by atoms with Gasteiger partial charge in [-0.15, -0.1) is 0 Å². The van der Waals surface area contributed by atoms with Crippen LogP contribution in [0.1, 0.15) is 193 Å². The van der Waals surface area contributed by atoms with Crippen LogP contribution in [-0.2, 0) is 70.1 Å². The lowest BCUT2D eigenvalue weighted by atomic mass is 9.82. The Kier molecular flexibility index (Phi) is 31.6. The molecule has 28 heteroatoms. The summed E-state index contributed by atoms with van der Waals surface area (Å²) in [6.07, 6.45) is 7.10. The average molecular weight is 1440 g/mol. The molecular weight excluding hydrogens is 1330 g/mol. The van der Waals surface area contributed by atoms with Crippen LogP contribution in [0.15, 0.2) is 18.2 Å². The smallest absolute Gasteiger partial charge is 0.354 e. The Labute approximate surface area is 600 Å². The maximum atomic E-state index is 15.4. The number of rotatable bonds is 11. The number of likely N-dealkylation sites (tertiary alicyclic amines) is 1. The van der Waals surface area contributed by atoms with Gasteiger partial charge in [0.05, 0.1) is 30.1 Å². The van der Waals surface area contributed by atoms with Crippen LogP contribution in [0, 0.1) is 23.7 Å². The third kappa shape index (κ3) is 22.5. The van der Waals surface area contributed by atoms with Crippen molar-refractivity contribution in [2.45, 2.75) is 243 Å². The van der Waals surface area contributed by atoms with Gasteiger partial charge in [0.15, 0.2) is 0 Å². The summed E-state index contributed by atoms with van der Waals surface area (Å²) in [4.78, 5) is 188. The van der Waals surface area contributed by atoms with Crippen molar-refractivity contribution in [2.24, 2.45) is 23.7 Å². The van der Waals surface area contributed by atoms with Gasteiger partial charge < -0.3 is 60.0 Å². The summed E-state index contributed by atoms with van der Waals surface area (Å²) in [6.45, 7) is 8.80. The number of carbonyl (C=O) groups is 12. The monoisotopic (exact) mass is 1440 g/mol. The van der Waals surface area contributed by atoms with Crippen LogP contribution < -0.4 is 16.0 Å². The van der Waals surface area contributed by atoms with E-state index in [0.717, 1.165) is 92.6 Å². The van der Waals surface area contributed by atoms with Gasteiger partial charge in [-0.2, -0.15) is 13.2 Å². The molecule has 566 valence electrons. The molecule has 1 aromatic rings. The summed E-state index contributed by atoms with van der Waals surface area (Å²) in [5.74, 6) is -7.89. The molecule has 12 amide bonds. The summed E-state index contributed by atoms with van der Waals surface area (Å²) in [5, 5.41) is 8.07. The molecule has 3 saturated heterocycles. The first-order valence-electron chi connectivity index (χ1n) is 36.8. The van der Waals surface area contributed by atoms with Crippen LogP contribution in [0.3, 0.4) is 0 Å². The van der Waals surface area contributed by atoms with E-state index in [0.29, 0.717) is 50.8 Å². The fourth-order valence-electron chi connectivity index (χ4n) is 14.9. The third-order valence-corrected chi connectivity index (χ3v) is 22.2. The Bertz CT molecular complexity index is 3070. The van der Waals surface area contributed by atoms with Crippen molar-refractivity contribution >= 4 is 82.5 Å². The first-order chi connectivity index (χ1) is 47.7. The van der Waals surface area contributed by atoms with Crippen molar-refractivity contribution in [3.05, 3.63) is 34.3 Å². The Morgan fingerprint density at radius 2 is 1.22 bits per heavy atom. The van der Waals surface area contributed by atoms with Crippen LogP contribution >= 0.6 is 11.6 Å². The van der Waals surface area contributed by atoms with Crippen molar-refractivity contribution in [1.82, 2.24) is 60.0 Å². The number of nitrogens with zero attached hydrogens (tertiary/aromatic N) is 9. The third-order valence-electron chi connectivity index (χ3n) is 21.8. The normalized spacial score (nSPS) is 26.7. The zero-order valence-electron chi connectivity index (χ0n) is 61.8. The molecule has 101 heavy (non-hydrogen) atoms. The summed E-state index contributed by atoms with van der Waals surface area (Å²) in [5.41, 5.74) is -0.730. The zero-order valence-corrected chi connectivity index (χ0v) is 62.6. The van der Waals surface area contributed by atoms with Crippen molar-refractivity contribution in [1.29, 1.82) is 0 Å². The largest absolute Gasteiger partial charge is 0.417 e. The molecule has 0 unspecified atom stereocenters. The minimum Gasteiger partial charge on any atom is -0.354 e. The summed E-state index contributed by atoms with van der Waals surface area (Å²) in [7, 11) is 10.1. The molecule has 0 bridgehead atoms. The number of alkyl halides is 3. The van der Waals surface area contributed by atoms with Gasteiger partial charge in [0, 0.05) is 81.9 Å². The van der Waals surface area contributed by atoms with E-state index >= 15 is 4.79 Å². The number of hydrogen-bond acceptors (Lipinski definition) is 12. The Morgan fingerprint density at radius 3 is 1.83 bits per heavy atom. The summed E-state index contributed by atoms with van der Waals surface area (Å²) < 4.78 is 41.4. The van der Waals surface area contributed by atoms with E-state index < -0.39 is 156 Å². The number of benzene rings is 1. The minimum absolute atomic E-state index is 0.0185. The molecule has 3 N–H and O–H groups in total. The highest BCUT2D eigenvalue weighted by atomic mass is 35.5. The fourth-order valence-corrected chi connectivity index (χ4v) is 15.2. The van der Waals surface area contributed by atoms with E-state index in [1.165, 1.54) is 84.7 Å². The van der Waals surface area contributed by atoms with Gasteiger partial charge in [-0.05, 0) is 132 Å². The highest BCUT2D eigenvalue weighted by Gasteiger charge is 2.45. The van der Waals surface area contributed by atoms with Gasteiger partial charge >= 0.3 is 6.18 Å². The fraction of sp³-hybridized carbons (Fsp3) is 0.753. The van der Waals surface area contributed by atoms with Crippen LogP contribution in [0.25, 0.3) is 0 Å². The molecule has 0 radical (unpaired) electrons. The number of nitrogens with one attached hydrogen (secondary N) is 3. The second-order valence-corrected chi connectivity index (χ2v) is 30.0. The topological polar surface area (TPSA) is 270 Å². The molecule has 3 aliphatic heterocycles. The number of fused-ring (bicyclic) bond motifs is 1. The highest BCUT2D eigenvalue weighted by Crippen LogP contribution is 2.36. The van der Waals surface area contributed by atoms with E-state index in [2.05, 4.69) is 16.0 Å². The van der Waals surface area contributed by atoms with E-state index in [-0.39, 0.29) is 81.7 Å². The lowest BCUT2D eigenvalue weighted by molar-refractivity contribution is -0.155. The molecule has 5 aliphatic rings. The summed E-state index contributed by atoms with van der Waals surface area (Å²) in [6, 6.07) is -6.25. The van der Waals surface area contributed by atoms with Gasteiger partial charge in [-0.25, -0.2) is 0 Å². The van der Waals surface area contributed by atoms with Gasteiger partial charge in [0.1, 0.15) is 48.3 Å². The first-order valence-corrected chi connectivity index (χ1v) is 37.2. The Hall–Kier alpha value is -7.06. The molecule has 2 saturated carbocycles. The van der Waals surface area contributed by atoms with Crippen LogP contribution in [0.5, 0.6) is 0 Å². The molecule has 0 spiro atoms. The molecule has 1 aromatic carbocycles. The predicted molar refractivity (Wildman–Crippen MR) is 376 cm³/mol. The number of aryl methyl sites for hydroxylation is 1. The van der Waals surface area contributed by atoms with Crippen molar-refractivity contribution in [3.8, 4) is 0 Å². The molecule has 0 aromatic heterocycles. The Morgan fingerprint density at radius 1 is 0.604 bits per heavy atom. The first kappa shape index (κ1) is 82.9. The maximum absolute atomic E-state index is 15.4. The van der Waals surface area contributed by atoms with E-state index in [9.17, 15) is 65.9 Å². The second kappa shape index (κ2) is 38.5. The molecule has 3 heterocycles. The van der Waals surface area contributed by atoms with E-state index in [1.54, 1.807) is 18.9 Å². The van der Waals surface area contributed by atoms with Crippen LogP contribution in [-0.4, -0.2) is 252 Å². The van der Waals surface area contributed by atoms with Gasteiger partial charge in [0.2, 0.25) is 70.9 Å². The minimum atomic E-state index is -4.74. The lowest BCUT2D eigenvalue weighted by Gasteiger charge is -2.41. The SMILES string of the molecule is CC[C@H](C)[C@@H]1NC(=O)[C@H](CC(C)C)N(C)C(=O)C[C@@H](C(=O)N2CCCCC2)N(C)C(=O)[C@H](C2CCCCC2)N(C)C(=O)CCCCNC(=O)[C@@H]2CCCN2C(=O)[C@H](CCc2ccc(C(F)(F)F)c(Cl)c2)NC(=O)[C@H](C)N(C)C(=O)[C@H](CC2CCCCC2)N(C)C(=O)CN(C)C(=O)CN(C)C1=O. The number of amides is 12. The lowest BCUT2D eigenvalue weighted by Crippen LogP contribution is -2.60. The van der Waals surface area contributed by atoms with Crippen molar-refractivity contribution in [3.63, 3.8) is 0 Å². The quantitative estimate of drug-likeness (QED) is 0.210. The highest BCUT2D eigenvalue weighted by molar-refractivity contribution is 6.31. The average Bonchev–Trinajstić information content (AvgIpc) is 1.14. The number of piperidine rings is 1. The maximum Gasteiger partial charge on any atom is 0.417 e. The summed E-state index contributed by atoms with van der Waals surface area (Å²) >= 11 is 6.13. The van der Waals surface area contributed by atoms with Crippen molar-refractivity contribution < 1.29 is 70.7 Å². The molecular formula is C73H114ClF3N12O12. The van der Waals surface area contributed by atoms with Gasteiger partial charge in [-0.3, -0.25) is 57.5 Å². The zero-order chi connectivity index (χ0) is 74.7. The molecule has 6 rings (SSSR count). The number of likely N-dealkylation sites (N-methyl/N-ethyl adjacent to an activating group) is 7. The molecule has 2 aliphatic carbocycles. The number of halogens is 4. The standard InChI is InChI=1S/C73H114ClF3N12O12/c1-13-47(4)63-71(100)82(7)44-61(92)81(6)45-62(93)85(10)57(42-49-26-17-14-18-27-49)69(98)83(8)48(5)65(94)79-54(35-33-50-32-34-52(53(74)41-50)73(75,76)77)68(97)89-39-25-30-55(89)66(95)78-36-22-21-31-59(90)87(12)64(51-28-19-15-20-29-51)72(101)86(11)58(70(99)88-37-23-16-24-38-88)43-60(91)84(9)56(40-46(2)3)67(96)80-63/h32,34,41,46-49,51,54-58,63-64H,13-31,33,35-40,42-45H2,1-12H3,(H,78,95)(H,79,94)(H,80,96)/t47-,48-,54-,55-,56-,57-,58-,63-,64-/m0/s1. The van der Waals surface area contributed by atoms with Crippen LogP contribution in [0.2, 0.25) is 5.02 Å². The van der Waals surface area contributed by atoms with Gasteiger partial charge in [0.25, 0.3) is 0 Å². The number of hydrogen-bond donors (Lipinski definition) is 3. The van der Waals surface area contributed by atoms with E-state index in [4.69, 9.17) is 11.6 Å². The Balaban J connectivity index is 1.35. The molecule has 9 atom stereocenters. The second-order valence-electron chi connectivity index (χ2n) is 29.6. The number of carbonyl (C=O) groups excluding carboxylic acids is 12. The van der Waals surface area contributed by atoms with E-state index in [1.807, 2.05) is 20.8 Å². The van der Waals surface area contributed by atoms with Gasteiger partial charge in [-0.1, -0.05) is 103 Å². The van der Waals surface area contributed by atoms with Crippen LogP contribution in [0.4, 0.5) is 13.2 Å². The molecule has 24 nitrogen and oxygen atoms in total. The molecule has 5 fully saturated rings. The predicted octanol–water partition coefficient (Wildman–Crippen LogP) is 6.67. The van der Waals surface area contributed by atoms with Crippen molar-refractivity contribution in [2.75, 3.05) is 88.6 Å².